The van der Waals surface area contributed by atoms with Gasteiger partial charge in [0.25, 0.3) is 5.91 Å². The summed E-state index contributed by atoms with van der Waals surface area (Å²) >= 11 is 0. The number of benzene rings is 1. The van der Waals surface area contributed by atoms with E-state index < -0.39 is 19.0 Å². The van der Waals surface area contributed by atoms with E-state index in [0.29, 0.717) is 0 Å². The lowest BCUT2D eigenvalue weighted by molar-refractivity contribution is 0.0959. The summed E-state index contributed by atoms with van der Waals surface area (Å²) in [6.45, 7) is 0. The molecule has 0 saturated heterocycles. The van der Waals surface area contributed by atoms with Crippen LogP contribution >= 0.6 is 0 Å². The van der Waals surface area contributed by atoms with Crippen molar-refractivity contribution in [2.24, 2.45) is 0 Å². The zero-order valence-electron chi connectivity index (χ0n) is 7.90. The van der Waals surface area contributed by atoms with E-state index in [4.69, 9.17) is 10.0 Å². The van der Waals surface area contributed by atoms with Crippen molar-refractivity contribution in [2.45, 2.75) is 0 Å². The molecule has 0 radical (unpaired) electrons. The van der Waals surface area contributed by atoms with Crippen LogP contribution in [-0.4, -0.2) is 30.3 Å². The van der Waals surface area contributed by atoms with Gasteiger partial charge in [-0.2, -0.15) is 0 Å². The maximum atomic E-state index is 13.2. The van der Waals surface area contributed by atoms with Gasteiger partial charge < -0.3 is 20.0 Å². The molecular formula is C8H9BFNO4. The van der Waals surface area contributed by atoms with Crippen molar-refractivity contribution in [3.8, 4) is 5.75 Å². The Hall–Kier alpha value is -1.60. The van der Waals surface area contributed by atoms with Crippen LogP contribution < -0.4 is 9.97 Å². The van der Waals surface area contributed by atoms with Gasteiger partial charge in [-0.25, -0.2) is 4.39 Å². The summed E-state index contributed by atoms with van der Waals surface area (Å²) in [5.74, 6) is -1.44. The average molecular weight is 213 g/mol. The molecule has 1 amide bonds. The highest BCUT2D eigenvalue weighted by molar-refractivity contribution is 6.33. The van der Waals surface area contributed by atoms with E-state index in [1.165, 1.54) is 19.2 Å². The molecular weight excluding hydrogens is 204 g/mol. The fourth-order valence-corrected chi connectivity index (χ4v) is 1.01. The zero-order chi connectivity index (χ0) is 11.4. The third-order valence-electron chi connectivity index (χ3n) is 1.65. The summed E-state index contributed by atoms with van der Waals surface area (Å²) < 4.78 is 17.6. The number of nitrogens with one attached hydrogen (secondary N) is 1. The Morgan fingerprint density at radius 3 is 2.67 bits per heavy atom. The molecule has 80 valence electrons. The number of rotatable bonds is 3. The Bertz CT molecular complexity index is 372. The van der Waals surface area contributed by atoms with Gasteiger partial charge in [-0.15, -0.1) is 0 Å². The first-order valence-corrected chi connectivity index (χ1v) is 4.09. The Morgan fingerprint density at radius 1 is 1.53 bits per heavy atom. The van der Waals surface area contributed by atoms with Crippen molar-refractivity contribution in [1.82, 2.24) is 5.32 Å². The van der Waals surface area contributed by atoms with Crippen LogP contribution in [0.15, 0.2) is 18.2 Å². The molecule has 0 aromatic heterocycles. The number of carbonyl (C=O) groups is 1. The van der Waals surface area contributed by atoms with Gasteiger partial charge in [-0.05, 0) is 12.1 Å². The van der Waals surface area contributed by atoms with Gasteiger partial charge >= 0.3 is 7.32 Å². The monoisotopic (exact) mass is 213 g/mol. The van der Waals surface area contributed by atoms with Crippen LogP contribution in [0, 0.1) is 5.82 Å². The van der Waals surface area contributed by atoms with Crippen LogP contribution in [0.5, 0.6) is 5.75 Å². The molecule has 3 N–H and O–H groups in total. The second-order valence-corrected chi connectivity index (χ2v) is 2.66. The van der Waals surface area contributed by atoms with Crippen LogP contribution in [0.3, 0.4) is 0 Å². The van der Waals surface area contributed by atoms with Crippen LogP contribution in [-0.2, 0) is 0 Å². The molecule has 0 aliphatic heterocycles. The highest BCUT2D eigenvalue weighted by Gasteiger charge is 2.15. The topological polar surface area (TPSA) is 78.8 Å². The lowest BCUT2D eigenvalue weighted by Crippen LogP contribution is -2.22. The normalized spacial score (nSPS) is 9.60. The molecule has 1 rings (SSSR count). The minimum atomic E-state index is -2.02. The van der Waals surface area contributed by atoms with Crippen molar-refractivity contribution in [1.29, 1.82) is 0 Å². The van der Waals surface area contributed by atoms with Crippen molar-refractivity contribution in [3.05, 3.63) is 29.6 Å². The highest BCUT2D eigenvalue weighted by Crippen LogP contribution is 2.16. The predicted molar refractivity (Wildman–Crippen MR) is 50.6 cm³/mol. The summed E-state index contributed by atoms with van der Waals surface area (Å²) in [5, 5.41) is 19.2. The number of amides is 1. The fourth-order valence-electron chi connectivity index (χ4n) is 1.01. The molecule has 0 aliphatic rings. The van der Waals surface area contributed by atoms with Crippen molar-refractivity contribution in [2.75, 3.05) is 7.05 Å². The Morgan fingerprint density at radius 2 is 2.20 bits per heavy atom. The van der Waals surface area contributed by atoms with E-state index in [2.05, 4.69) is 9.97 Å². The molecule has 0 heterocycles. The highest BCUT2D eigenvalue weighted by atomic mass is 19.1. The Labute approximate surface area is 85.7 Å². The molecule has 1 aromatic carbocycles. The van der Waals surface area contributed by atoms with Gasteiger partial charge in [-0.1, -0.05) is 0 Å². The molecule has 15 heavy (non-hydrogen) atoms. The second kappa shape index (κ2) is 4.76. The standard InChI is InChI=1S/C8H9BFNO4/c1-11-8(12)6-3-2-5(4-7(6)10)15-9(13)14/h2-4,13-14H,1H3,(H,11,12). The van der Waals surface area contributed by atoms with Crippen LogP contribution in [0.2, 0.25) is 0 Å². The molecule has 1 aromatic rings. The largest absolute Gasteiger partial charge is 0.707 e. The SMILES string of the molecule is CNC(=O)c1ccc(OB(O)O)cc1F. The first-order valence-electron chi connectivity index (χ1n) is 4.09. The van der Waals surface area contributed by atoms with Crippen molar-refractivity contribution < 1.29 is 23.9 Å². The van der Waals surface area contributed by atoms with E-state index in [0.717, 1.165) is 6.07 Å². The number of carbonyl (C=O) groups excluding carboxylic acids is 1. The molecule has 0 atom stereocenters. The summed E-state index contributed by atoms with van der Waals surface area (Å²) in [5.41, 5.74) is -0.141. The minimum Gasteiger partial charge on any atom is -0.512 e. The molecule has 0 spiro atoms. The van der Waals surface area contributed by atoms with Gasteiger partial charge in [0.2, 0.25) is 0 Å². The Kier molecular flexibility index (Phi) is 3.65. The molecule has 0 unspecified atom stereocenters. The lowest BCUT2D eigenvalue weighted by Gasteiger charge is -2.06. The van der Waals surface area contributed by atoms with Crippen molar-refractivity contribution >= 4 is 13.2 Å². The predicted octanol–water partition coefficient (Wildman–Crippen LogP) is -0.466. The molecule has 0 aliphatic carbocycles. The average Bonchev–Trinajstić information content (AvgIpc) is 2.16. The van der Waals surface area contributed by atoms with E-state index in [-0.39, 0.29) is 11.3 Å². The number of hydrogen-bond acceptors (Lipinski definition) is 4. The molecule has 0 saturated carbocycles. The third kappa shape index (κ3) is 2.93. The molecule has 5 nitrogen and oxygen atoms in total. The third-order valence-corrected chi connectivity index (χ3v) is 1.65. The van der Waals surface area contributed by atoms with Crippen LogP contribution in [0.25, 0.3) is 0 Å². The minimum absolute atomic E-state index is 0.0739. The summed E-state index contributed by atoms with van der Waals surface area (Å²) in [6.07, 6.45) is 0. The first kappa shape index (κ1) is 11.5. The van der Waals surface area contributed by atoms with E-state index in [1.54, 1.807) is 0 Å². The summed E-state index contributed by atoms with van der Waals surface area (Å²) in [4.78, 5) is 11.1. The molecule has 0 fully saturated rings. The summed E-state index contributed by atoms with van der Waals surface area (Å²) in [6, 6.07) is 3.34. The van der Waals surface area contributed by atoms with Gasteiger partial charge in [0.05, 0.1) is 5.56 Å². The van der Waals surface area contributed by atoms with E-state index in [9.17, 15) is 9.18 Å². The van der Waals surface area contributed by atoms with Crippen LogP contribution in [0.4, 0.5) is 4.39 Å². The lowest BCUT2D eigenvalue weighted by atomic mass is 10.1. The number of halogens is 1. The number of hydrogen-bond donors (Lipinski definition) is 3. The van der Waals surface area contributed by atoms with E-state index >= 15 is 0 Å². The maximum absolute atomic E-state index is 13.2. The van der Waals surface area contributed by atoms with Crippen molar-refractivity contribution in [3.63, 3.8) is 0 Å². The fraction of sp³-hybridized carbons (Fsp3) is 0.125. The second-order valence-electron chi connectivity index (χ2n) is 2.66. The van der Waals surface area contributed by atoms with Gasteiger partial charge in [0.15, 0.2) is 0 Å². The Balaban J connectivity index is 2.93. The molecule has 0 bridgehead atoms. The zero-order valence-corrected chi connectivity index (χ0v) is 7.90. The van der Waals surface area contributed by atoms with Crippen LogP contribution in [0.1, 0.15) is 10.4 Å². The molecule has 7 heteroatoms. The first-order chi connectivity index (χ1) is 7.04. The van der Waals surface area contributed by atoms with Gasteiger partial charge in [0.1, 0.15) is 11.6 Å². The smallest absolute Gasteiger partial charge is 0.512 e. The van der Waals surface area contributed by atoms with Gasteiger partial charge in [0, 0.05) is 13.1 Å². The summed E-state index contributed by atoms with van der Waals surface area (Å²) in [7, 11) is -0.640. The maximum Gasteiger partial charge on any atom is 0.707 e. The van der Waals surface area contributed by atoms with Gasteiger partial charge in [-0.3, -0.25) is 4.79 Å². The van der Waals surface area contributed by atoms with E-state index in [1.807, 2.05) is 0 Å². The quantitative estimate of drug-likeness (QED) is 0.593.